The summed E-state index contributed by atoms with van der Waals surface area (Å²) < 4.78 is 26.1. The van der Waals surface area contributed by atoms with E-state index in [9.17, 15) is 9.59 Å². The number of fused-ring (bicyclic) bond motifs is 1. The van der Waals surface area contributed by atoms with Gasteiger partial charge in [-0.1, -0.05) is 18.2 Å². The standard InChI is InChI=1S/C32H34FN7O4/c1-20-5-3-6-21-10-13-35-29(28(20)21)40(23-7-4-12-34-18-23)30(41)24-9-8-22(17-25(24)33)37-32-36-14-11-27(38-32)39-15-16-44-19-26(39)31(42)43-2/h3,5-6,8-11,13-14,17,23,26,34H,4,7,12,15-16,18-19H2,1-2H3,(H,36,37,38)/t23-,26+/m1/s1. The molecule has 2 saturated heterocycles. The highest BCUT2D eigenvalue weighted by molar-refractivity contribution is 6.11. The van der Waals surface area contributed by atoms with Gasteiger partial charge in [0.25, 0.3) is 5.91 Å². The summed E-state index contributed by atoms with van der Waals surface area (Å²) in [5.41, 5.74) is 1.30. The van der Waals surface area contributed by atoms with Crippen LogP contribution in [0, 0.1) is 12.7 Å². The predicted molar refractivity (Wildman–Crippen MR) is 165 cm³/mol. The van der Waals surface area contributed by atoms with Gasteiger partial charge < -0.3 is 25.0 Å². The lowest BCUT2D eigenvalue weighted by molar-refractivity contribution is -0.144. The number of piperidine rings is 1. The summed E-state index contributed by atoms with van der Waals surface area (Å²) in [4.78, 5) is 43.3. The Balaban J connectivity index is 1.28. The number of anilines is 4. The number of ether oxygens (including phenoxy) is 2. The minimum absolute atomic E-state index is 0.0579. The van der Waals surface area contributed by atoms with Gasteiger partial charge in [-0.25, -0.2) is 19.2 Å². The highest BCUT2D eigenvalue weighted by Crippen LogP contribution is 2.32. The molecule has 2 aliphatic heterocycles. The molecule has 2 N–H and O–H groups in total. The number of rotatable bonds is 7. The molecule has 2 aliphatic rings. The summed E-state index contributed by atoms with van der Waals surface area (Å²) >= 11 is 0. The van der Waals surface area contributed by atoms with Crippen LogP contribution in [0.2, 0.25) is 0 Å². The number of aromatic nitrogens is 3. The molecule has 0 spiro atoms. The number of hydrogen-bond acceptors (Lipinski definition) is 10. The van der Waals surface area contributed by atoms with Crippen LogP contribution in [0.5, 0.6) is 0 Å². The fraction of sp³-hybridized carbons (Fsp3) is 0.344. The number of nitrogens with zero attached hydrogens (tertiary/aromatic N) is 5. The van der Waals surface area contributed by atoms with E-state index in [1.54, 1.807) is 34.3 Å². The molecule has 12 heteroatoms. The number of hydrogen-bond donors (Lipinski definition) is 2. The highest BCUT2D eigenvalue weighted by atomic mass is 19.1. The molecule has 44 heavy (non-hydrogen) atoms. The summed E-state index contributed by atoms with van der Waals surface area (Å²) in [6, 6.07) is 13.1. The van der Waals surface area contributed by atoms with Crippen molar-refractivity contribution >= 4 is 45.9 Å². The van der Waals surface area contributed by atoms with Gasteiger partial charge in [-0.3, -0.25) is 9.69 Å². The molecule has 0 saturated carbocycles. The third kappa shape index (κ3) is 5.90. The number of esters is 1. The Morgan fingerprint density at radius 1 is 1.16 bits per heavy atom. The minimum Gasteiger partial charge on any atom is -0.467 e. The number of amides is 1. The van der Waals surface area contributed by atoms with Crippen LogP contribution in [-0.4, -0.2) is 78.9 Å². The summed E-state index contributed by atoms with van der Waals surface area (Å²) in [7, 11) is 1.33. The first-order valence-electron chi connectivity index (χ1n) is 14.6. The number of carbonyl (C=O) groups is 2. The number of morpholine rings is 1. The van der Waals surface area contributed by atoms with Crippen molar-refractivity contribution in [1.82, 2.24) is 20.3 Å². The van der Waals surface area contributed by atoms with Gasteiger partial charge in [-0.2, -0.15) is 4.98 Å². The Hall–Kier alpha value is -4.68. The zero-order valence-corrected chi connectivity index (χ0v) is 24.6. The van der Waals surface area contributed by atoms with Crippen molar-refractivity contribution in [3.63, 3.8) is 0 Å². The lowest BCUT2D eigenvalue weighted by Crippen LogP contribution is -2.51. The second-order valence-corrected chi connectivity index (χ2v) is 10.8. The summed E-state index contributed by atoms with van der Waals surface area (Å²) in [5, 5.41) is 8.23. The van der Waals surface area contributed by atoms with Gasteiger partial charge in [0.2, 0.25) is 5.95 Å². The number of pyridine rings is 1. The quantitative estimate of drug-likeness (QED) is 0.302. The van der Waals surface area contributed by atoms with Gasteiger partial charge >= 0.3 is 5.97 Å². The van der Waals surface area contributed by atoms with E-state index in [-0.39, 0.29) is 24.2 Å². The smallest absolute Gasteiger partial charge is 0.330 e. The van der Waals surface area contributed by atoms with Crippen LogP contribution in [0.25, 0.3) is 10.8 Å². The van der Waals surface area contributed by atoms with Gasteiger partial charge in [0.05, 0.1) is 31.9 Å². The average Bonchev–Trinajstić information content (AvgIpc) is 3.05. The maximum Gasteiger partial charge on any atom is 0.330 e. The van der Waals surface area contributed by atoms with E-state index in [0.29, 0.717) is 37.0 Å². The molecular formula is C32H34FN7O4. The summed E-state index contributed by atoms with van der Waals surface area (Å²) in [5.74, 6) is -0.317. The summed E-state index contributed by atoms with van der Waals surface area (Å²) in [6.07, 6.45) is 4.92. The Morgan fingerprint density at radius 3 is 2.82 bits per heavy atom. The van der Waals surface area contributed by atoms with Crippen molar-refractivity contribution in [3.8, 4) is 0 Å². The van der Waals surface area contributed by atoms with Crippen molar-refractivity contribution in [3.05, 3.63) is 77.9 Å². The SMILES string of the molecule is COC(=O)[C@@H]1COCCN1c1ccnc(Nc2ccc(C(=O)N(c3nccc4cccc(C)c34)[C@@H]3CCCNC3)c(F)c2)n1. The molecule has 1 amide bonds. The molecule has 0 radical (unpaired) electrons. The molecule has 4 heterocycles. The van der Waals surface area contributed by atoms with E-state index in [0.717, 1.165) is 35.7 Å². The Bertz CT molecular complexity index is 1670. The third-order valence-electron chi connectivity index (χ3n) is 8.06. The Labute approximate surface area is 254 Å². The van der Waals surface area contributed by atoms with Crippen LogP contribution in [0.15, 0.2) is 60.9 Å². The first kappa shape index (κ1) is 29.4. The van der Waals surface area contributed by atoms with E-state index in [2.05, 4.69) is 25.6 Å². The number of halogens is 1. The van der Waals surface area contributed by atoms with E-state index in [1.807, 2.05) is 31.2 Å². The largest absolute Gasteiger partial charge is 0.467 e. The highest BCUT2D eigenvalue weighted by Gasteiger charge is 2.33. The van der Waals surface area contributed by atoms with E-state index >= 15 is 4.39 Å². The van der Waals surface area contributed by atoms with Crippen LogP contribution in [0.3, 0.4) is 0 Å². The number of nitrogens with one attached hydrogen (secondary N) is 2. The number of carbonyl (C=O) groups excluding carboxylic acids is 2. The van der Waals surface area contributed by atoms with Crippen LogP contribution in [0.1, 0.15) is 28.8 Å². The monoisotopic (exact) mass is 599 g/mol. The summed E-state index contributed by atoms with van der Waals surface area (Å²) in [6.45, 7) is 4.50. The zero-order chi connectivity index (χ0) is 30.6. The lowest BCUT2D eigenvalue weighted by Gasteiger charge is -2.35. The molecule has 2 aromatic heterocycles. The maximum absolute atomic E-state index is 15.8. The van der Waals surface area contributed by atoms with Gasteiger partial charge in [0, 0.05) is 36.6 Å². The van der Waals surface area contributed by atoms with Crippen LogP contribution in [-0.2, 0) is 14.3 Å². The van der Waals surface area contributed by atoms with E-state index < -0.39 is 23.7 Å². The lowest BCUT2D eigenvalue weighted by atomic mass is 10.0. The fourth-order valence-corrected chi connectivity index (χ4v) is 5.86. The van der Waals surface area contributed by atoms with Gasteiger partial charge in [0.15, 0.2) is 6.04 Å². The molecule has 2 atom stereocenters. The molecule has 2 fully saturated rings. The maximum atomic E-state index is 15.8. The second kappa shape index (κ2) is 12.9. The fourth-order valence-electron chi connectivity index (χ4n) is 5.86. The second-order valence-electron chi connectivity index (χ2n) is 10.8. The molecule has 228 valence electrons. The average molecular weight is 600 g/mol. The third-order valence-corrected chi connectivity index (χ3v) is 8.06. The molecule has 2 aromatic carbocycles. The first-order chi connectivity index (χ1) is 21.4. The number of methoxy groups -OCH3 is 1. The molecule has 0 bridgehead atoms. The predicted octanol–water partition coefficient (Wildman–Crippen LogP) is 3.99. The van der Waals surface area contributed by atoms with Crippen molar-refractivity contribution in [2.75, 3.05) is 55.1 Å². The zero-order valence-electron chi connectivity index (χ0n) is 24.6. The van der Waals surface area contributed by atoms with Crippen molar-refractivity contribution < 1.29 is 23.5 Å². The molecule has 11 nitrogen and oxygen atoms in total. The van der Waals surface area contributed by atoms with Gasteiger partial charge in [0.1, 0.15) is 17.5 Å². The Morgan fingerprint density at radius 2 is 2.02 bits per heavy atom. The van der Waals surface area contributed by atoms with Crippen LogP contribution < -0.4 is 20.4 Å². The van der Waals surface area contributed by atoms with Crippen molar-refractivity contribution in [2.24, 2.45) is 0 Å². The van der Waals surface area contributed by atoms with E-state index in [1.165, 1.54) is 19.2 Å². The molecule has 0 unspecified atom stereocenters. The number of benzene rings is 2. The topological polar surface area (TPSA) is 122 Å². The molecule has 6 rings (SSSR count). The van der Waals surface area contributed by atoms with Gasteiger partial charge in [-0.05, 0) is 67.6 Å². The number of aryl methyl sites for hydroxylation is 1. The van der Waals surface area contributed by atoms with Gasteiger partial charge in [-0.15, -0.1) is 0 Å². The van der Waals surface area contributed by atoms with Crippen molar-refractivity contribution in [1.29, 1.82) is 0 Å². The molecule has 4 aromatic rings. The molecule has 0 aliphatic carbocycles. The first-order valence-corrected chi connectivity index (χ1v) is 14.6. The van der Waals surface area contributed by atoms with Crippen LogP contribution in [0.4, 0.5) is 27.7 Å². The molecular weight excluding hydrogens is 565 g/mol. The van der Waals surface area contributed by atoms with Crippen molar-refractivity contribution in [2.45, 2.75) is 31.8 Å². The minimum atomic E-state index is -0.680. The normalized spacial score (nSPS) is 18.6. The van der Waals surface area contributed by atoms with Crippen LogP contribution >= 0.6 is 0 Å². The Kier molecular flexibility index (Phi) is 8.62. The van der Waals surface area contributed by atoms with E-state index in [4.69, 9.17) is 9.47 Å².